The zero-order chi connectivity index (χ0) is 11.5. The van der Waals surface area contributed by atoms with Gasteiger partial charge in [-0.15, -0.1) is 0 Å². The highest BCUT2D eigenvalue weighted by Crippen LogP contribution is 2.07. The zero-order valence-corrected chi connectivity index (χ0v) is 9.64. The minimum Gasteiger partial charge on any atom is -0.464 e. The monoisotopic (exact) mass is 220 g/mol. The maximum Gasteiger partial charge on any atom is 0.328 e. The van der Waals surface area contributed by atoms with Gasteiger partial charge in [0.05, 0.1) is 6.54 Å². The highest BCUT2D eigenvalue weighted by molar-refractivity contribution is 5.06. The standard InChI is InChI=1S/C12H16N2O2/c1-3-6-13-7-8-14(12(13)15)9-11-5-4-10(2)16-11/h4-5,7-8H,3,6,9H2,1-2H3. The van der Waals surface area contributed by atoms with Crippen molar-refractivity contribution in [3.63, 3.8) is 0 Å². The van der Waals surface area contributed by atoms with Crippen LogP contribution in [0.1, 0.15) is 24.9 Å². The van der Waals surface area contributed by atoms with Gasteiger partial charge in [0.15, 0.2) is 0 Å². The lowest BCUT2D eigenvalue weighted by molar-refractivity contribution is 0.464. The number of nitrogens with zero attached hydrogens (tertiary/aromatic N) is 2. The number of hydrogen-bond donors (Lipinski definition) is 0. The molecule has 2 aromatic heterocycles. The van der Waals surface area contributed by atoms with E-state index in [-0.39, 0.29) is 5.69 Å². The molecule has 0 bridgehead atoms. The Morgan fingerprint density at radius 2 is 2.00 bits per heavy atom. The number of aryl methyl sites for hydroxylation is 2. The zero-order valence-electron chi connectivity index (χ0n) is 9.64. The minimum atomic E-state index is 0.0240. The van der Waals surface area contributed by atoms with E-state index in [9.17, 15) is 4.79 Å². The number of rotatable bonds is 4. The third kappa shape index (κ3) is 2.10. The predicted octanol–water partition coefficient (Wildman–Crippen LogP) is 2.01. The molecule has 4 heteroatoms. The number of furan rings is 1. The van der Waals surface area contributed by atoms with E-state index in [2.05, 4.69) is 6.92 Å². The summed E-state index contributed by atoms with van der Waals surface area (Å²) in [4.78, 5) is 11.9. The van der Waals surface area contributed by atoms with Crippen LogP contribution in [-0.4, -0.2) is 9.13 Å². The van der Waals surface area contributed by atoms with E-state index in [0.717, 1.165) is 24.5 Å². The van der Waals surface area contributed by atoms with Gasteiger partial charge in [-0.05, 0) is 25.5 Å². The molecule has 2 heterocycles. The van der Waals surface area contributed by atoms with Crippen LogP contribution in [0.15, 0.2) is 33.7 Å². The lowest BCUT2D eigenvalue weighted by Gasteiger charge is -1.98. The first kappa shape index (κ1) is 10.8. The van der Waals surface area contributed by atoms with E-state index in [0.29, 0.717) is 6.54 Å². The van der Waals surface area contributed by atoms with Crippen LogP contribution in [-0.2, 0) is 13.1 Å². The van der Waals surface area contributed by atoms with Crippen molar-refractivity contribution < 1.29 is 4.42 Å². The van der Waals surface area contributed by atoms with Crippen LogP contribution < -0.4 is 5.69 Å². The van der Waals surface area contributed by atoms with Crippen molar-refractivity contribution in [2.45, 2.75) is 33.4 Å². The van der Waals surface area contributed by atoms with E-state index in [4.69, 9.17) is 4.42 Å². The normalized spacial score (nSPS) is 10.9. The van der Waals surface area contributed by atoms with Gasteiger partial charge >= 0.3 is 5.69 Å². The first-order valence-corrected chi connectivity index (χ1v) is 5.51. The van der Waals surface area contributed by atoms with Gasteiger partial charge in [-0.3, -0.25) is 9.13 Å². The molecule has 2 rings (SSSR count). The Morgan fingerprint density at radius 1 is 1.25 bits per heavy atom. The second kappa shape index (κ2) is 4.43. The van der Waals surface area contributed by atoms with Gasteiger partial charge in [0.25, 0.3) is 0 Å². The molecule has 0 aliphatic carbocycles. The Labute approximate surface area is 94.1 Å². The fraction of sp³-hybridized carbons (Fsp3) is 0.417. The van der Waals surface area contributed by atoms with Gasteiger partial charge in [-0.25, -0.2) is 4.79 Å². The van der Waals surface area contributed by atoms with Crippen LogP contribution in [0.25, 0.3) is 0 Å². The minimum absolute atomic E-state index is 0.0240. The largest absolute Gasteiger partial charge is 0.464 e. The predicted molar refractivity (Wildman–Crippen MR) is 61.5 cm³/mol. The molecular weight excluding hydrogens is 204 g/mol. The van der Waals surface area contributed by atoms with Crippen LogP contribution in [0.4, 0.5) is 0 Å². The van der Waals surface area contributed by atoms with E-state index in [1.165, 1.54) is 0 Å². The molecule has 0 radical (unpaired) electrons. The molecule has 0 unspecified atom stereocenters. The molecule has 0 atom stereocenters. The fourth-order valence-corrected chi connectivity index (χ4v) is 1.72. The summed E-state index contributed by atoms with van der Waals surface area (Å²) in [6.45, 7) is 5.22. The molecule has 0 spiro atoms. The maximum absolute atomic E-state index is 11.9. The molecule has 0 aliphatic heterocycles. The van der Waals surface area contributed by atoms with Crippen molar-refractivity contribution >= 4 is 0 Å². The average Bonchev–Trinajstić information content (AvgIpc) is 2.80. The van der Waals surface area contributed by atoms with Crippen LogP contribution >= 0.6 is 0 Å². The van der Waals surface area contributed by atoms with Crippen molar-refractivity contribution in [2.75, 3.05) is 0 Å². The summed E-state index contributed by atoms with van der Waals surface area (Å²) in [5, 5.41) is 0. The van der Waals surface area contributed by atoms with Crippen LogP contribution in [0, 0.1) is 6.92 Å². The first-order valence-electron chi connectivity index (χ1n) is 5.51. The van der Waals surface area contributed by atoms with Gasteiger partial charge in [-0.2, -0.15) is 0 Å². The van der Waals surface area contributed by atoms with Crippen molar-refractivity contribution in [2.24, 2.45) is 0 Å². The van der Waals surface area contributed by atoms with Crippen molar-refractivity contribution in [1.82, 2.24) is 9.13 Å². The van der Waals surface area contributed by atoms with Crippen LogP contribution in [0.5, 0.6) is 0 Å². The Balaban J connectivity index is 2.19. The molecule has 16 heavy (non-hydrogen) atoms. The van der Waals surface area contributed by atoms with Crippen LogP contribution in [0.2, 0.25) is 0 Å². The smallest absolute Gasteiger partial charge is 0.328 e. The SMILES string of the molecule is CCCn1ccn(Cc2ccc(C)o2)c1=O. The third-order valence-corrected chi connectivity index (χ3v) is 2.50. The summed E-state index contributed by atoms with van der Waals surface area (Å²) in [6.07, 6.45) is 4.58. The highest BCUT2D eigenvalue weighted by atomic mass is 16.3. The van der Waals surface area contributed by atoms with E-state index in [1.54, 1.807) is 15.3 Å². The van der Waals surface area contributed by atoms with Gasteiger partial charge in [0, 0.05) is 18.9 Å². The quantitative estimate of drug-likeness (QED) is 0.790. The summed E-state index contributed by atoms with van der Waals surface area (Å²) in [5.74, 6) is 1.69. The highest BCUT2D eigenvalue weighted by Gasteiger charge is 2.05. The fourth-order valence-electron chi connectivity index (χ4n) is 1.72. The Kier molecular flexibility index (Phi) is 2.99. The molecule has 0 amide bonds. The molecule has 0 fully saturated rings. The van der Waals surface area contributed by atoms with Crippen molar-refractivity contribution in [3.05, 3.63) is 46.5 Å². The molecule has 4 nitrogen and oxygen atoms in total. The molecule has 0 aliphatic rings. The molecule has 0 saturated heterocycles. The summed E-state index contributed by atoms with van der Waals surface area (Å²) in [6, 6.07) is 3.81. The van der Waals surface area contributed by atoms with Gasteiger partial charge in [0.1, 0.15) is 11.5 Å². The Morgan fingerprint density at radius 3 is 2.62 bits per heavy atom. The Hall–Kier alpha value is -1.71. The lowest BCUT2D eigenvalue weighted by atomic mass is 10.4. The third-order valence-electron chi connectivity index (χ3n) is 2.50. The number of aromatic nitrogens is 2. The van der Waals surface area contributed by atoms with Gasteiger partial charge in [0.2, 0.25) is 0 Å². The van der Waals surface area contributed by atoms with Gasteiger partial charge in [-0.1, -0.05) is 6.92 Å². The molecule has 0 aromatic carbocycles. The second-order valence-corrected chi connectivity index (χ2v) is 3.91. The average molecular weight is 220 g/mol. The maximum atomic E-state index is 11.9. The summed E-state index contributed by atoms with van der Waals surface area (Å²) < 4.78 is 8.82. The Bertz CT molecular complexity index is 519. The summed E-state index contributed by atoms with van der Waals surface area (Å²) >= 11 is 0. The topological polar surface area (TPSA) is 40.1 Å². The first-order chi connectivity index (χ1) is 7.70. The van der Waals surface area contributed by atoms with E-state index in [1.807, 2.05) is 25.3 Å². The summed E-state index contributed by atoms with van der Waals surface area (Å²) in [5.41, 5.74) is 0.0240. The van der Waals surface area contributed by atoms with Crippen molar-refractivity contribution in [1.29, 1.82) is 0 Å². The lowest BCUT2D eigenvalue weighted by Crippen LogP contribution is -2.24. The molecule has 86 valence electrons. The van der Waals surface area contributed by atoms with E-state index >= 15 is 0 Å². The summed E-state index contributed by atoms with van der Waals surface area (Å²) in [7, 11) is 0. The van der Waals surface area contributed by atoms with E-state index < -0.39 is 0 Å². The van der Waals surface area contributed by atoms with Gasteiger partial charge < -0.3 is 4.42 Å². The van der Waals surface area contributed by atoms with Crippen LogP contribution in [0.3, 0.4) is 0 Å². The van der Waals surface area contributed by atoms with Crippen molar-refractivity contribution in [3.8, 4) is 0 Å². The molecular formula is C12H16N2O2. The number of hydrogen-bond acceptors (Lipinski definition) is 2. The molecule has 0 saturated carbocycles. The molecule has 0 N–H and O–H groups in total. The molecule has 2 aromatic rings. The second-order valence-electron chi connectivity index (χ2n) is 3.91. The number of imidazole rings is 1.